The van der Waals surface area contributed by atoms with Crippen LogP contribution in [0.3, 0.4) is 0 Å². The van der Waals surface area contributed by atoms with Crippen molar-refractivity contribution in [2.24, 2.45) is 0 Å². The molecule has 1 unspecified atom stereocenters. The van der Waals surface area contributed by atoms with Gasteiger partial charge in [0.25, 0.3) is 5.91 Å². The van der Waals surface area contributed by atoms with E-state index >= 15 is 0 Å². The highest BCUT2D eigenvalue weighted by atomic mass is 19.2. The van der Waals surface area contributed by atoms with Crippen LogP contribution in [0.1, 0.15) is 28.8 Å². The Bertz CT molecular complexity index is 812. The summed E-state index contributed by atoms with van der Waals surface area (Å²) in [4.78, 5) is 13.2. The Morgan fingerprint density at radius 3 is 2.04 bits per heavy atom. The van der Waals surface area contributed by atoms with Crippen molar-refractivity contribution in [3.05, 3.63) is 64.5 Å². The van der Waals surface area contributed by atoms with Gasteiger partial charge in [0.1, 0.15) is 11.3 Å². The molecule has 0 aliphatic carbocycles. The van der Waals surface area contributed by atoms with Gasteiger partial charge in [-0.25, -0.2) is 22.0 Å². The molecule has 0 aromatic heterocycles. The van der Waals surface area contributed by atoms with Crippen LogP contribution in [0.15, 0.2) is 24.3 Å². The number of hydrogen-bond donors (Lipinski definition) is 0. The molecule has 140 valence electrons. The summed E-state index contributed by atoms with van der Waals surface area (Å²) in [7, 11) is 2.68. The van der Waals surface area contributed by atoms with E-state index in [0.717, 1.165) is 10.5 Å². The fourth-order valence-corrected chi connectivity index (χ4v) is 2.65. The average Bonchev–Trinajstić information content (AvgIpc) is 2.64. The van der Waals surface area contributed by atoms with E-state index < -0.39 is 40.6 Å². The number of likely N-dealkylation sites (N-methyl/N-ethyl adjacent to an activating group) is 1. The molecule has 26 heavy (non-hydrogen) atoms. The summed E-state index contributed by atoms with van der Waals surface area (Å²) in [5.74, 6) is -12.0. The van der Waals surface area contributed by atoms with Crippen molar-refractivity contribution in [1.29, 1.82) is 0 Å². The third-order valence-corrected chi connectivity index (χ3v) is 3.99. The van der Waals surface area contributed by atoms with E-state index in [2.05, 4.69) is 0 Å². The number of benzene rings is 2. The van der Waals surface area contributed by atoms with E-state index in [1.165, 1.54) is 14.2 Å². The largest absolute Gasteiger partial charge is 0.496 e. The van der Waals surface area contributed by atoms with Gasteiger partial charge in [0.05, 0.1) is 7.11 Å². The van der Waals surface area contributed by atoms with Crippen molar-refractivity contribution in [3.63, 3.8) is 0 Å². The number of amides is 1. The molecule has 0 N–H and O–H groups in total. The number of rotatable bonds is 5. The topological polar surface area (TPSA) is 29.5 Å². The highest BCUT2D eigenvalue weighted by Gasteiger charge is 2.31. The molecular formula is C18H16F5NO2. The number of halogens is 5. The zero-order valence-corrected chi connectivity index (χ0v) is 14.2. The van der Waals surface area contributed by atoms with Crippen LogP contribution in [-0.4, -0.2) is 31.5 Å². The molecule has 8 heteroatoms. The van der Waals surface area contributed by atoms with Gasteiger partial charge in [0.2, 0.25) is 5.82 Å². The third-order valence-electron chi connectivity index (χ3n) is 3.99. The zero-order valence-electron chi connectivity index (χ0n) is 14.2. The molecule has 0 saturated carbocycles. The normalized spacial score (nSPS) is 12.0. The van der Waals surface area contributed by atoms with Crippen molar-refractivity contribution in [2.45, 2.75) is 12.8 Å². The molecule has 2 aromatic rings. The minimum absolute atomic E-state index is 0.0291. The number of nitrogens with zero attached hydrogens (tertiary/aromatic N) is 1. The molecule has 3 nitrogen and oxygen atoms in total. The second-order valence-electron chi connectivity index (χ2n) is 5.77. The van der Waals surface area contributed by atoms with Crippen molar-refractivity contribution in [3.8, 4) is 5.75 Å². The number of ether oxygens (including phenoxy) is 1. The summed E-state index contributed by atoms with van der Waals surface area (Å²) in [6.07, 6.45) is 0. The van der Waals surface area contributed by atoms with E-state index in [9.17, 15) is 26.7 Å². The maximum Gasteiger partial charge on any atom is 0.259 e. The first-order valence-corrected chi connectivity index (χ1v) is 7.60. The number of para-hydroxylation sites is 1. The van der Waals surface area contributed by atoms with Gasteiger partial charge in [-0.05, 0) is 11.6 Å². The van der Waals surface area contributed by atoms with Crippen LogP contribution in [0.2, 0.25) is 0 Å². The van der Waals surface area contributed by atoms with Gasteiger partial charge in [-0.1, -0.05) is 25.1 Å². The quantitative estimate of drug-likeness (QED) is 0.445. The van der Waals surface area contributed by atoms with E-state index in [4.69, 9.17) is 4.74 Å². The second kappa shape index (κ2) is 7.72. The lowest BCUT2D eigenvalue weighted by Crippen LogP contribution is -2.32. The Morgan fingerprint density at radius 1 is 1.00 bits per heavy atom. The molecule has 1 atom stereocenters. The predicted molar refractivity (Wildman–Crippen MR) is 84.6 cm³/mol. The van der Waals surface area contributed by atoms with Gasteiger partial charge in [0, 0.05) is 19.5 Å². The summed E-state index contributed by atoms with van der Waals surface area (Å²) in [6.45, 7) is 1.71. The lowest BCUT2D eigenvalue weighted by atomic mass is 9.99. The number of carbonyl (C=O) groups excluding carboxylic acids is 1. The van der Waals surface area contributed by atoms with Crippen LogP contribution in [0.25, 0.3) is 0 Å². The molecule has 0 aliphatic heterocycles. The lowest BCUT2D eigenvalue weighted by molar-refractivity contribution is 0.0774. The Kier molecular flexibility index (Phi) is 5.84. The van der Waals surface area contributed by atoms with Crippen LogP contribution in [0.4, 0.5) is 22.0 Å². The monoisotopic (exact) mass is 373 g/mol. The minimum Gasteiger partial charge on any atom is -0.496 e. The fourth-order valence-electron chi connectivity index (χ4n) is 2.65. The summed E-state index contributed by atoms with van der Waals surface area (Å²) in [5, 5.41) is 0. The van der Waals surface area contributed by atoms with E-state index in [0.29, 0.717) is 5.75 Å². The predicted octanol–water partition coefficient (Wildman–Crippen LogP) is 4.27. The van der Waals surface area contributed by atoms with Crippen LogP contribution in [0.5, 0.6) is 5.75 Å². The zero-order chi connectivity index (χ0) is 19.6. The first kappa shape index (κ1) is 19.7. The number of methoxy groups -OCH3 is 1. The van der Waals surface area contributed by atoms with Crippen LogP contribution in [-0.2, 0) is 0 Å². The van der Waals surface area contributed by atoms with Crippen molar-refractivity contribution < 1.29 is 31.5 Å². The van der Waals surface area contributed by atoms with Gasteiger partial charge in [-0.2, -0.15) is 0 Å². The van der Waals surface area contributed by atoms with Gasteiger partial charge < -0.3 is 9.64 Å². The molecule has 2 aromatic carbocycles. The lowest BCUT2D eigenvalue weighted by Gasteiger charge is -2.23. The van der Waals surface area contributed by atoms with Crippen LogP contribution >= 0.6 is 0 Å². The number of hydrogen-bond acceptors (Lipinski definition) is 2. The van der Waals surface area contributed by atoms with Crippen molar-refractivity contribution in [2.75, 3.05) is 20.7 Å². The summed E-state index contributed by atoms with van der Waals surface area (Å²) in [6, 6.07) is 6.96. The molecule has 2 rings (SSSR count). The van der Waals surface area contributed by atoms with E-state index in [1.807, 2.05) is 0 Å². The molecule has 0 radical (unpaired) electrons. The highest BCUT2D eigenvalue weighted by Crippen LogP contribution is 2.28. The third kappa shape index (κ3) is 3.49. The fraction of sp³-hybridized carbons (Fsp3) is 0.278. The molecule has 0 spiro atoms. The van der Waals surface area contributed by atoms with Gasteiger partial charge in [-0.3, -0.25) is 4.79 Å². The molecular weight excluding hydrogens is 357 g/mol. The van der Waals surface area contributed by atoms with Gasteiger partial charge in [-0.15, -0.1) is 0 Å². The molecule has 0 fully saturated rings. The summed E-state index contributed by atoms with van der Waals surface area (Å²) in [5.41, 5.74) is -0.747. The SMILES string of the molecule is COc1ccccc1C(C)CN(C)C(=O)c1c(F)c(F)c(F)c(F)c1F. The molecule has 1 amide bonds. The second-order valence-corrected chi connectivity index (χ2v) is 5.77. The maximum absolute atomic E-state index is 13.8. The summed E-state index contributed by atoms with van der Waals surface area (Å²) < 4.78 is 72.5. The first-order valence-electron chi connectivity index (χ1n) is 7.60. The maximum atomic E-state index is 13.8. The average molecular weight is 373 g/mol. The molecule has 0 aliphatic rings. The Labute approximate surface area is 147 Å². The van der Waals surface area contributed by atoms with Gasteiger partial charge >= 0.3 is 0 Å². The number of carbonyl (C=O) groups is 1. The Hall–Kier alpha value is -2.64. The molecule has 0 bridgehead atoms. The molecule has 0 heterocycles. The minimum atomic E-state index is -2.30. The Balaban J connectivity index is 2.31. The van der Waals surface area contributed by atoms with E-state index in [1.54, 1.807) is 31.2 Å². The standard InChI is InChI=1S/C18H16F5NO2/c1-9(10-6-4-5-7-11(10)26-3)8-24(2)18(25)12-13(19)15(21)17(23)16(22)14(12)20/h4-7,9H,8H2,1-3H3. The van der Waals surface area contributed by atoms with Crippen molar-refractivity contribution in [1.82, 2.24) is 4.90 Å². The van der Waals surface area contributed by atoms with E-state index in [-0.39, 0.29) is 12.5 Å². The van der Waals surface area contributed by atoms with Crippen molar-refractivity contribution >= 4 is 5.91 Å². The smallest absolute Gasteiger partial charge is 0.259 e. The molecule has 0 saturated heterocycles. The first-order chi connectivity index (χ1) is 12.2. The summed E-state index contributed by atoms with van der Waals surface area (Å²) >= 11 is 0. The Morgan fingerprint density at radius 2 is 1.50 bits per heavy atom. The van der Waals surface area contributed by atoms with Gasteiger partial charge in [0.15, 0.2) is 23.3 Å². The highest BCUT2D eigenvalue weighted by molar-refractivity contribution is 5.94. The van der Waals surface area contributed by atoms with Crippen LogP contribution in [0, 0.1) is 29.1 Å². The van der Waals surface area contributed by atoms with Crippen LogP contribution < -0.4 is 4.74 Å².